The van der Waals surface area contributed by atoms with E-state index in [-0.39, 0.29) is 17.5 Å². The summed E-state index contributed by atoms with van der Waals surface area (Å²) in [5, 5.41) is 0. The van der Waals surface area contributed by atoms with Crippen molar-refractivity contribution < 1.29 is 9.53 Å². The number of carbonyl (C=O) groups excluding carboxylic acids is 1. The quantitative estimate of drug-likeness (QED) is 0.606. The van der Waals surface area contributed by atoms with Gasteiger partial charge in [-0.05, 0) is 33.6 Å². The number of unbranched alkanes of at least 4 members (excludes halogenated alkanes) is 2. The standard InChI is InChI=1S/C14H28O2/c1-6-8-10-12(11-9-7-2)16-13(15)14(3,4)5/h12H,6-11H2,1-5H3. The lowest BCUT2D eigenvalue weighted by atomic mass is 9.97. The Morgan fingerprint density at radius 1 is 1.06 bits per heavy atom. The highest BCUT2D eigenvalue weighted by Gasteiger charge is 2.25. The van der Waals surface area contributed by atoms with Gasteiger partial charge in [0, 0.05) is 0 Å². The van der Waals surface area contributed by atoms with Crippen LogP contribution in [0, 0.1) is 5.41 Å². The third-order valence-electron chi connectivity index (χ3n) is 2.65. The van der Waals surface area contributed by atoms with E-state index < -0.39 is 0 Å². The molecule has 0 bridgehead atoms. The van der Waals surface area contributed by atoms with Gasteiger partial charge in [0.2, 0.25) is 0 Å². The van der Waals surface area contributed by atoms with E-state index in [1.807, 2.05) is 20.8 Å². The number of hydrogen-bond acceptors (Lipinski definition) is 2. The summed E-state index contributed by atoms with van der Waals surface area (Å²) in [5.74, 6) is -0.0651. The molecule has 0 aromatic rings. The third-order valence-corrected chi connectivity index (χ3v) is 2.65. The number of carbonyl (C=O) groups is 1. The molecule has 0 aliphatic heterocycles. The van der Waals surface area contributed by atoms with Crippen molar-refractivity contribution in [2.75, 3.05) is 0 Å². The second-order valence-corrected chi connectivity index (χ2v) is 5.56. The van der Waals surface area contributed by atoms with Crippen LogP contribution in [-0.2, 0) is 9.53 Å². The summed E-state index contributed by atoms with van der Waals surface area (Å²) in [6.45, 7) is 10.1. The minimum atomic E-state index is -0.378. The predicted molar refractivity (Wildman–Crippen MR) is 68.4 cm³/mol. The molecule has 2 nitrogen and oxygen atoms in total. The first-order chi connectivity index (χ1) is 7.41. The Morgan fingerprint density at radius 2 is 1.50 bits per heavy atom. The van der Waals surface area contributed by atoms with Crippen LogP contribution in [0.15, 0.2) is 0 Å². The summed E-state index contributed by atoms with van der Waals surface area (Å²) in [4.78, 5) is 11.8. The molecular formula is C14H28O2. The van der Waals surface area contributed by atoms with E-state index in [9.17, 15) is 4.79 Å². The molecule has 0 aromatic carbocycles. The van der Waals surface area contributed by atoms with E-state index in [1.54, 1.807) is 0 Å². The Bertz CT molecular complexity index is 183. The number of ether oxygens (including phenoxy) is 1. The van der Waals surface area contributed by atoms with Gasteiger partial charge in [0.25, 0.3) is 0 Å². The molecule has 0 unspecified atom stereocenters. The molecule has 0 saturated heterocycles. The van der Waals surface area contributed by atoms with Crippen molar-refractivity contribution in [3.63, 3.8) is 0 Å². The van der Waals surface area contributed by atoms with E-state index >= 15 is 0 Å². The Kier molecular flexibility index (Phi) is 7.44. The van der Waals surface area contributed by atoms with Crippen LogP contribution in [0.25, 0.3) is 0 Å². The highest BCUT2D eigenvalue weighted by Crippen LogP contribution is 2.20. The van der Waals surface area contributed by atoms with E-state index in [4.69, 9.17) is 4.74 Å². The van der Waals surface area contributed by atoms with Crippen LogP contribution in [0.1, 0.15) is 73.1 Å². The van der Waals surface area contributed by atoms with Crippen molar-refractivity contribution in [3.05, 3.63) is 0 Å². The monoisotopic (exact) mass is 228 g/mol. The molecule has 96 valence electrons. The molecule has 0 fully saturated rings. The number of rotatable bonds is 7. The Labute approximate surface area is 101 Å². The van der Waals surface area contributed by atoms with Gasteiger partial charge in [-0.2, -0.15) is 0 Å². The normalized spacial score (nSPS) is 11.9. The molecule has 0 aliphatic carbocycles. The zero-order valence-electron chi connectivity index (χ0n) is 11.6. The molecule has 0 saturated carbocycles. The first kappa shape index (κ1) is 15.5. The van der Waals surface area contributed by atoms with E-state index in [0.29, 0.717) is 0 Å². The molecule has 0 atom stereocenters. The molecule has 0 heterocycles. The summed E-state index contributed by atoms with van der Waals surface area (Å²) in [5.41, 5.74) is -0.378. The highest BCUT2D eigenvalue weighted by atomic mass is 16.5. The lowest BCUT2D eigenvalue weighted by Crippen LogP contribution is -2.28. The summed E-state index contributed by atoms with van der Waals surface area (Å²) < 4.78 is 5.58. The van der Waals surface area contributed by atoms with Crippen molar-refractivity contribution in [1.82, 2.24) is 0 Å². The van der Waals surface area contributed by atoms with Gasteiger partial charge in [0.15, 0.2) is 0 Å². The first-order valence-corrected chi connectivity index (χ1v) is 6.62. The molecule has 2 heteroatoms. The van der Waals surface area contributed by atoms with Crippen LogP contribution in [0.5, 0.6) is 0 Å². The van der Waals surface area contributed by atoms with Gasteiger partial charge < -0.3 is 4.74 Å². The fraction of sp³-hybridized carbons (Fsp3) is 0.929. The molecule has 0 rings (SSSR count). The van der Waals surface area contributed by atoms with Gasteiger partial charge in [-0.3, -0.25) is 4.79 Å². The zero-order valence-corrected chi connectivity index (χ0v) is 11.6. The Balaban J connectivity index is 4.13. The fourth-order valence-corrected chi connectivity index (χ4v) is 1.45. The van der Waals surface area contributed by atoms with Crippen LogP contribution >= 0.6 is 0 Å². The Morgan fingerprint density at radius 3 is 1.81 bits per heavy atom. The van der Waals surface area contributed by atoms with Crippen LogP contribution in [0.3, 0.4) is 0 Å². The SMILES string of the molecule is CCCCC(CCCC)OC(=O)C(C)(C)C. The van der Waals surface area contributed by atoms with Crippen molar-refractivity contribution in [3.8, 4) is 0 Å². The summed E-state index contributed by atoms with van der Waals surface area (Å²) in [7, 11) is 0. The van der Waals surface area contributed by atoms with Gasteiger partial charge in [-0.15, -0.1) is 0 Å². The molecular weight excluding hydrogens is 200 g/mol. The Hall–Kier alpha value is -0.530. The molecule has 0 aromatic heterocycles. The smallest absolute Gasteiger partial charge is 0.311 e. The first-order valence-electron chi connectivity index (χ1n) is 6.62. The summed E-state index contributed by atoms with van der Waals surface area (Å²) in [6, 6.07) is 0. The molecule has 0 amide bonds. The largest absolute Gasteiger partial charge is 0.462 e. The van der Waals surface area contributed by atoms with Gasteiger partial charge >= 0.3 is 5.97 Å². The second-order valence-electron chi connectivity index (χ2n) is 5.56. The zero-order chi connectivity index (χ0) is 12.6. The molecule has 0 N–H and O–H groups in total. The van der Waals surface area contributed by atoms with Gasteiger partial charge in [-0.25, -0.2) is 0 Å². The second kappa shape index (κ2) is 7.70. The topological polar surface area (TPSA) is 26.3 Å². The third kappa shape index (κ3) is 6.86. The van der Waals surface area contributed by atoms with Gasteiger partial charge in [0.1, 0.15) is 6.10 Å². The van der Waals surface area contributed by atoms with Gasteiger partial charge in [-0.1, -0.05) is 39.5 Å². The molecule has 16 heavy (non-hydrogen) atoms. The van der Waals surface area contributed by atoms with Crippen LogP contribution in [0.2, 0.25) is 0 Å². The lowest BCUT2D eigenvalue weighted by Gasteiger charge is -2.23. The van der Waals surface area contributed by atoms with E-state index in [1.165, 1.54) is 0 Å². The molecule has 0 radical (unpaired) electrons. The van der Waals surface area contributed by atoms with Crippen molar-refractivity contribution in [2.24, 2.45) is 5.41 Å². The van der Waals surface area contributed by atoms with Crippen LogP contribution < -0.4 is 0 Å². The lowest BCUT2D eigenvalue weighted by molar-refractivity contribution is -0.159. The maximum Gasteiger partial charge on any atom is 0.311 e. The van der Waals surface area contributed by atoms with E-state index in [2.05, 4.69) is 13.8 Å². The van der Waals surface area contributed by atoms with Crippen LogP contribution in [-0.4, -0.2) is 12.1 Å². The maximum atomic E-state index is 11.8. The van der Waals surface area contributed by atoms with Crippen molar-refractivity contribution in [1.29, 1.82) is 0 Å². The molecule has 0 aliphatic rings. The van der Waals surface area contributed by atoms with Crippen molar-refractivity contribution in [2.45, 2.75) is 79.2 Å². The van der Waals surface area contributed by atoms with Gasteiger partial charge in [0.05, 0.1) is 5.41 Å². The highest BCUT2D eigenvalue weighted by molar-refractivity contribution is 5.75. The number of esters is 1. The average Bonchev–Trinajstić information content (AvgIpc) is 2.20. The van der Waals surface area contributed by atoms with E-state index in [0.717, 1.165) is 38.5 Å². The van der Waals surface area contributed by atoms with Crippen LogP contribution in [0.4, 0.5) is 0 Å². The minimum absolute atomic E-state index is 0.0651. The molecule has 0 spiro atoms. The maximum absolute atomic E-state index is 11.8. The average molecular weight is 228 g/mol. The van der Waals surface area contributed by atoms with Crippen molar-refractivity contribution >= 4 is 5.97 Å². The predicted octanol–water partition coefficient (Wildman–Crippen LogP) is 4.32. The summed E-state index contributed by atoms with van der Waals surface area (Å²) >= 11 is 0. The fourth-order valence-electron chi connectivity index (χ4n) is 1.45. The minimum Gasteiger partial charge on any atom is -0.462 e. The summed E-state index contributed by atoms with van der Waals surface area (Å²) in [6.07, 6.45) is 6.77. The number of hydrogen-bond donors (Lipinski definition) is 0.